The van der Waals surface area contributed by atoms with Gasteiger partial charge in [-0.3, -0.25) is 4.79 Å². The van der Waals surface area contributed by atoms with Gasteiger partial charge in [0.15, 0.2) is 5.76 Å². The first-order chi connectivity index (χ1) is 13.9. The van der Waals surface area contributed by atoms with Gasteiger partial charge in [0, 0.05) is 18.8 Å². The molecule has 0 saturated heterocycles. The molecule has 6 nitrogen and oxygen atoms in total. The zero-order valence-corrected chi connectivity index (χ0v) is 17.2. The highest BCUT2D eigenvalue weighted by Crippen LogP contribution is 2.23. The highest BCUT2D eigenvalue weighted by Gasteiger charge is 2.24. The summed E-state index contributed by atoms with van der Waals surface area (Å²) in [6.07, 6.45) is 1.49. The molecule has 3 rings (SSSR count). The third-order valence-electron chi connectivity index (χ3n) is 4.93. The Hall–Kier alpha value is -3.28. The van der Waals surface area contributed by atoms with Crippen molar-refractivity contribution in [2.45, 2.75) is 40.8 Å². The fourth-order valence-corrected chi connectivity index (χ4v) is 3.29. The Morgan fingerprint density at radius 3 is 2.41 bits per heavy atom. The van der Waals surface area contributed by atoms with Crippen molar-refractivity contribution in [1.29, 1.82) is 0 Å². The van der Waals surface area contributed by atoms with Gasteiger partial charge in [0.25, 0.3) is 5.91 Å². The van der Waals surface area contributed by atoms with E-state index in [9.17, 15) is 9.59 Å². The molecule has 3 aromatic rings. The van der Waals surface area contributed by atoms with E-state index in [1.54, 1.807) is 24.0 Å². The van der Waals surface area contributed by atoms with Crippen molar-refractivity contribution in [3.8, 4) is 0 Å². The van der Waals surface area contributed by atoms with E-state index in [-0.39, 0.29) is 17.6 Å². The van der Waals surface area contributed by atoms with Crippen LogP contribution in [0.5, 0.6) is 0 Å². The first-order valence-electron chi connectivity index (χ1n) is 9.64. The molecule has 1 aromatic carbocycles. The number of esters is 1. The Morgan fingerprint density at radius 2 is 1.79 bits per heavy atom. The number of H-pyrrole nitrogens is 1. The Kier molecular flexibility index (Phi) is 6.22. The number of aromatic nitrogens is 1. The van der Waals surface area contributed by atoms with Gasteiger partial charge in [0.2, 0.25) is 0 Å². The van der Waals surface area contributed by atoms with Crippen molar-refractivity contribution in [3.63, 3.8) is 0 Å². The second-order valence-corrected chi connectivity index (χ2v) is 7.07. The molecule has 2 aromatic heterocycles. The van der Waals surface area contributed by atoms with Crippen LogP contribution in [0.4, 0.5) is 0 Å². The first kappa shape index (κ1) is 20.5. The third kappa shape index (κ3) is 4.59. The van der Waals surface area contributed by atoms with Crippen LogP contribution in [0.1, 0.15) is 55.9 Å². The van der Waals surface area contributed by atoms with E-state index >= 15 is 0 Å². The summed E-state index contributed by atoms with van der Waals surface area (Å²) < 4.78 is 10.5. The monoisotopic (exact) mass is 394 g/mol. The van der Waals surface area contributed by atoms with Crippen LogP contribution in [0.3, 0.4) is 0 Å². The van der Waals surface area contributed by atoms with Crippen LogP contribution in [-0.4, -0.2) is 28.4 Å². The van der Waals surface area contributed by atoms with Crippen molar-refractivity contribution in [3.05, 3.63) is 82.1 Å². The highest BCUT2D eigenvalue weighted by molar-refractivity contribution is 5.92. The molecular weight excluding hydrogens is 368 g/mol. The molecule has 0 fully saturated rings. The Balaban J connectivity index is 1.91. The van der Waals surface area contributed by atoms with Crippen molar-refractivity contribution >= 4 is 11.9 Å². The highest BCUT2D eigenvalue weighted by atomic mass is 16.5. The summed E-state index contributed by atoms with van der Waals surface area (Å²) in [7, 11) is 0. The Bertz CT molecular complexity index is 985. The van der Waals surface area contributed by atoms with Gasteiger partial charge in [0.05, 0.1) is 12.9 Å². The smallest absolute Gasteiger partial charge is 0.355 e. The topological polar surface area (TPSA) is 75.5 Å². The third-order valence-corrected chi connectivity index (χ3v) is 4.93. The number of nitrogens with one attached hydrogen (secondary N) is 1. The van der Waals surface area contributed by atoms with Crippen molar-refractivity contribution in [1.82, 2.24) is 9.88 Å². The number of hydrogen-bond donors (Lipinski definition) is 1. The molecule has 0 bridgehead atoms. The van der Waals surface area contributed by atoms with E-state index < -0.39 is 0 Å². The summed E-state index contributed by atoms with van der Waals surface area (Å²) in [6, 6.07) is 11.4. The number of carbonyl (C=O) groups excluding carboxylic acids is 2. The van der Waals surface area contributed by atoms with Gasteiger partial charge in [-0.15, -0.1) is 0 Å². The lowest BCUT2D eigenvalue weighted by molar-refractivity contribution is 0.0519. The summed E-state index contributed by atoms with van der Waals surface area (Å²) in [4.78, 5) is 30.1. The lowest BCUT2D eigenvalue weighted by Gasteiger charge is -2.22. The average Bonchev–Trinajstić information content (AvgIpc) is 3.33. The van der Waals surface area contributed by atoms with Crippen molar-refractivity contribution < 1.29 is 18.7 Å². The van der Waals surface area contributed by atoms with Crippen LogP contribution in [0, 0.1) is 20.8 Å². The molecule has 0 radical (unpaired) electrons. The SMILES string of the molecule is CCOC(=O)c1[nH]c(C)c(CN(Cc2ccc(C)cc2)C(=O)c2ccco2)c1C. The number of hydrogen-bond acceptors (Lipinski definition) is 4. The zero-order valence-electron chi connectivity index (χ0n) is 17.2. The molecule has 1 N–H and O–H groups in total. The van der Waals surface area contributed by atoms with E-state index in [1.807, 2.05) is 45.0 Å². The lowest BCUT2D eigenvalue weighted by Crippen LogP contribution is -2.30. The van der Waals surface area contributed by atoms with Gasteiger partial charge < -0.3 is 19.0 Å². The number of amides is 1. The zero-order chi connectivity index (χ0) is 21.0. The molecule has 0 saturated carbocycles. The quantitative estimate of drug-likeness (QED) is 0.597. The largest absolute Gasteiger partial charge is 0.461 e. The minimum atomic E-state index is -0.387. The Labute approximate surface area is 170 Å². The molecule has 2 heterocycles. The maximum absolute atomic E-state index is 13.1. The molecule has 1 amide bonds. The molecule has 0 aliphatic carbocycles. The average molecular weight is 394 g/mol. The van der Waals surface area contributed by atoms with E-state index in [1.165, 1.54) is 6.26 Å². The number of furan rings is 1. The number of ether oxygens (including phenoxy) is 1. The summed E-state index contributed by atoms with van der Waals surface area (Å²) in [5, 5.41) is 0. The summed E-state index contributed by atoms with van der Waals surface area (Å²) in [5.74, 6) is -0.302. The van der Waals surface area contributed by atoms with Crippen molar-refractivity contribution in [2.24, 2.45) is 0 Å². The van der Waals surface area contributed by atoms with E-state index in [0.717, 1.165) is 27.9 Å². The van der Waals surface area contributed by atoms with Gasteiger partial charge in [-0.05, 0) is 56.5 Å². The standard InChI is InChI=1S/C23H26N2O4/c1-5-28-23(27)21-16(3)19(17(4)24-21)14-25(22(26)20-7-6-12-29-20)13-18-10-8-15(2)9-11-18/h6-12,24H,5,13-14H2,1-4H3. The predicted octanol–water partition coefficient (Wildman–Crippen LogP) is 4.55. The fraction of sp³-hybridized carbons (Fsp3) is 0.304. The van der Waals surface area contributed by atoms with Gasteiger partial charge in [-0.2, -0.15) is 0 Å². The second kappa shape index (κ2) is 8.82. The van der Waals surface area contributed by atoms with E-state index in [4.69, 9.17) is 9.15 Å². The molecule has 152 valence electrons. The minimum absolute atomic E-state index is 0.201. The second-order valence-electron chi connectivity index (χ2n) is 7.07. The summed E-state index contributed by atoms with van der Waals surface area (Å²) in [6.45, 7) is 8.65. The fourth-order valence-electron chi connectivity index (χ4n) is 3.29. The van der Waals surface area contributed by atoms with Crippen LogP contribution in [0.25, 0.3) is 0 Å². The van der Waals surface area contributed by atoms with Crippen molar-refractivity contribution in [2.75, 3.05) is 6.61 Å². The van der Waals surface area contributed by atoms with E-state index in [0.29, 0.717) is 25.4 Å². The number of aromatic amines is 1. The molecule has 0 spiro atoms. The number of rotatable bonds is 7. The molecule has 29 heavy (non-hydrogen) atoms. The number of carbonyl (C=O) groups is 2. The van der Waals surface area contributed by atoms with Crippen LogP contribution in [0.2, 0.25) is 0 Å². The number of benzene rings is 1. The first-order valence-corrected chi connectivity index (χ1v) is 9.64. The molecule has 0 aliphatic rings. The minimum Gasteiger partial charge on any atom is -0.461 e. The van der Waals surface area contributed by atoms with E-state index in [2.05, 4.69) is 4.98 Å². The molecule has 0 atom stereocenters. The van der Waals surface area contributed by atoms with Crippen LogP contribution < -0.4 is 0 Å². The summed E-state index contributed by atoms with van der Waals surface area (Å²) in [5.41, 5.74) is 5.15. The predicted molar refractivity (Wildman–Crippen MR) is 110 cm³/mol. The molecule has 0 aliphatic heterocycles. The number of aryl methyl sites for hydroxylation is 2. The van der Waals surface area contributed by atoms with Crippen LogP contribution >= 0.6 is 0 Å². The lowest BCUT2D eigenvalue weighted by atomic mass is 10.1. The van der Waals surface area contributed by atoms with Crippen LogP contribution in [0.15, 0.2) is 47.1 Å². The van der Waals surface area contributed by atoms with Gasteiger partial charge in [-0.1, -0.05) is 29.8 Å². The van der Waals surface area contributed by atoms with Gasteiger partial charge in [0.1, 0.15) is 5.69 Å². The van der Waals surface area contributed by atoms with Gasteiger partial charge >= 0.3 is 5.97 Å². The Morgan fingerprint density at radius 1 is 1.07 bits per heavy atom. The molecular formula is C23H26N2O4. The number of nitrogens with zero attached hydrogens (tertiary/aromatic N) is 1. The van der Waals surface area contributed by atoms with Crippen LogP contribution in [-0.2, 0) is 17.8 Å². The normalized spacial score (nSPS) is 10.8. The maximum Gasteiger partial charge on any atom is 0.355 e. The molecule has 0 unspecified atom stereocenters. The maximum atomic E-state index is 13.1. The summed E-state index contributed by atoms with van der Waals surface area (Å²) >= 11 is 0. The van der Waals surface area contributed by atoms with Gasteiger partial charge in [-0.25, -0.2) is 4.79 Å². The molecule has 6 heteroatoms.